The van der Waals surface area contributed by atoms with Crippen molar-refractivity contribution in [3.05, 3.63) is 6.42 Å². The summed E-state index contributed by atoms with van der Waals surface area (Å²) in [7, 11) is 0. The van der Waals surface area contributed by atoms with E-state index in [2.05, 4.69) is 6.92 Å². The zero-order valence-corrected chi connectivity index (χ0v) is 7.64. The average molecular weight is 233 g/mol. The second-order valence-electron chi connectivity index (χ2n) is 2.16. The van der Waals surface area contributed by atoms with E-state index in [0.29, 0.717) is 6.42 Å². The zero-order chi connectivity index (χ0) is 7.11. The van der Waals surface area contributed by atoms with E-state index in [1.54, 1.807) is 0 Å². The molecule has 0 aliphatic carbocycles. The molecule has 0 aromatic carbocycles. The average Bonchev–Trinajstić information content (AvgIpc) is 1.89. The van der Waals surface area contributed by atoms with Crippen LogP contribution in [0.4, 0.5) is 0 Å². The van der Waals surface area contributed by atoms with Crippen LogP contribution in [-0.4, -0.2) is 11.2 Å². The molecular weight excluding hydrogens is 220 g/mol. The van der Waals surface area contributed by atoms with Gasteiger partial charge in [0.05, 0.1) is 6.10 Å². The van der Waals surface area contributed by atoms with E-state index in [9.17, 15) is 0 Å². The van der Waals surface area contributed by atoms with Crippen molar-refractivity contribution in [2.45, 2.75) is 38.7 Å². The molecule has 2 heteroatoms. The summed E-state index contributed by atoms with van der Waals surface area (Å²) in [4.78, 5) is 0. The normalized spacial score (nSPS) is 11.3. The molecule has 0 aliphatic heterocycles. The summed E-state index contributed by atoms with van der Waals surface area (Å²) < 4.78 is 0. The number of unbranched alkanes of at least 4 members (excludes halogenated alkanes) is 2. The van der Waals surface area contributed by atoms with E-state index in [-0.39, 0.29) is 22.4 Å². The minimum atomic E-state index is -0.628. The third-order valence-corrected chi connectivity index (χ3v) is 1.25. The number of rotatable bonds is 4. The van der Waals surface area contributed by atoms with E-state index in [1.165, 1.54) is 0 Å². The molecule has 0 amide bonds. The molecule has 0 heterocycles. The first kappa shape index (κ1) is 12.9. The van der Waals surface area contributed by atoms with Gasteiger partial charge in [-0.05, 0) is 6.42 Å². The van der Waals surface area contributed by atoms with Crippen molar-refractivity contribution in [2.75, 3.05) is 0 Å². The maximum absolute atomic E-state index is 8.79. The Morgan fingerprint density at radius 2 is 2.10 bits per heavy atom. The third kappa shape index (κ3) is 8.26. The molecule has 0 saturated heterocycles. The first-order chi connectivity index (χ1) is 4.31. The van der Waals surface area contributed by atoms with E-state index >= 15 is 0 Å². The summed E-state index contributed by atoms with van der Waals surface area (Å²) in [5.74, 6) is 2.03. The molecule has 0 aromatic rings. The summed E-state index contributed by atoms with van der Waals surface area (Å²) in [6.45, 7) is 2.11. The summed E-state index contributed by atoms with van der Waals surface area (Å²) in [5.41, 5.74) is 0. The molecule has 1 nitrogen and oxygen atoms in total. The topological polar surface area (TPSA) is 20.2 Å². The Bertz CT molecular complexity index is 95.9. The van der Waals surface area contributed by atoms with Crippen LogP contribution in [0.3, 0.4) is 0 Å². The Balaban J connectivity index is 0. The molecule has 0 spiro atoms. The van der Waals surface area contributed by atoms with Crippen LogP contribution in [0, 0.1) is 12.3 Å². The smallest absolute Gasteiger partial charge is 0.691 e. The fraction of sp³-hybridized carbons (Fsp3) is 0.750. The van der Waals surface area contributed by atoms with Crippen molar-refractivity contribution in [3.8, 4) is 5.92 Å². The summed E-state index contributed by atoms with van der Waals surface area (Å²) in [6.07, 6.45) is 9.91. The van der Waals surface area contributed by atoms with Crippen LogP contribution in [0.25, 0.3) is 0 Å². The van der Waals surface area contributed by atoms with Gasteiger partial charge in [0.2, 0.25) is 0 Å². The first-order valence-electron chi connectivity index (χ1n) is 3.41. The Labute approximate surface area is 78.7 Å². The fourth-order valence-corrected chi connectivity index (χ4v) is 0.660. The van der Waals surface area contributed by atoms with Gasteiger partial charge in [0.25, 0.3) is 0 Å². The Morgan fingerprint density at radius 1 is 1.50 bits per heavy atom. The van der Waals surface area contributed by atoms with Crippen LogP contribution < -0.4 is 0 Å². The minimum Gasteiger partial charge on any atom is -0.691 e. The zero-order valence-electron chi connectivity index (χ0n) is 6.15. The van der Waals surface area contributed by atoms with E-state index in [1.807, 2.05) is 5.92 Å². The number of hydrogen-bond donors (Lipinski definition) is 1. The van der Waals surface area contributed by atoms with Gasteiger partial charge in [-0.25, -0.2) is 0 Å². The van der Waals surface area contributed by atoms with Crippen LogP contribution in [-0.2, 0) is 22.4 Å². The molecule has 0 rings (SSSR count). The van der Waals surface area contributed by atoms with Gasteiger partial charge in [0.15, 0.2) is 0 Å². The van der Waals surface area contributed by atoms with Crippen LogP contribution in [0.2, 0.25) is 0 Å². The summed E-state index contributed by atoms with van der Waals surface area (Å²) >= 11 is 0. The molecule has 0 fully saturated rings. The second kappa shape index (κ2) is 9.26. The van der Waals surface area contributed by atoms with E-state index in [0.717, 1.165) is 19.3 Å². The van der Waals surface area contributed by atoms with Gasteiger partial charge in [0, 0.05) is 0 Å². The second-order valence-corrected chi connectivity index (χ2v) is 2.16. The summed E-state index contributed by atoms with van der Waals surface area (Å²) in [5, 5.41) is 8.79. The quantitative estimate of drug-likeness (QED) is 0.338. The van der Waals surface area contributed by atoms with Crippen molar-refractivity contribution >= 4 is 0 Å². The van der Waals surface area contributed by atoms with Gasteiger partial charge < -0.3 is 17.5 Å². The number of aliphatic hydroxyl groups excluding tert-OH is 1. The maximum atomic E-state index is 8.79. The van der Waals surface area contributed by atoms with Gasteiger partial charge in [-0.3, -0.25) is 0 Å². The van der Waals surface area contributed by atoms with Crippen molar-refractivity contribution in [2.24, 2.45) is 0 Å². The predicted molar refractivity (Wildman–Crippen MR) is 37.3 cm³/mol. The van der Waals surface area contributed by atoms with Gasteiger partial charge in [-0.2, -0.15) is 0 Å². The number of hydrogen-bond acceptors (Lipinski definition) is 1. The van der Waals surface area contributed by atoms with Crippen molar-refractivity contribution in [1.29, 1.82) is 0 Å². The Morgan fingerprint density at radius 3 is 2.50 bits per heavy atom. The van der Waals surface area contributed by atoms with E-state index < -0.39 is 6.10 Å². The molecular formula is C8H13AgO. The largest absolute Gasteiger partial charge is 1.00 e. The minimum absolute atomic E-state index is 0. The first-order valence-corrected chi connectivity index (χ1v) is 3.41. The van der Waals surface area contributed by atoms with Crippen LogP contribution in [0.5, 0.6) is 0 Å². The molecule has 0 aliphatic rings. The number of aliphatic hydroxyl groups is 1. The van der Waals surface area contributed by atoms with Gasteiger partial charge in [-0.15, -0.1) is 0 Å². The molecule has 0 radical (unpaired) electrons. The standard InChI is InChI=1S/C8H13O.Ag/c1-3-5-6-7-8(9)4-2;/h8-9H,3,5-7H2,1H3;/q-1;+1. The monoisotopic (exact) mass is 232 g/mol. The van der Waals surface area contributed by atoms with Crippen molar-refractivity contribution in [3.63, 3.8) is 0 Å². The van der Waals surface area contributed by atoms with Gasteiger partial charge >= 0.3 is 22.4 Å². The van der Waals surface area contributed by atoms with Crippen LogP contribution >= 0.6 is 0 Å². The molecule has 1 N–H and O–H groups in total. The third-order valence-electron chi connectivity index (χ3n) is 1.25. The van der Waals surface area contributed by atoms with Crippen molar-refractivity contribution in [1.82, 2.24) is 0 Å². The van der Waals surface area contributed by atoms with E-state index in [4.69, 9.17) is 11.5 Å². The van der Waals surface area contributed by atoms with Gasteiger partial charge in [-0.1, -0.05) is 26.2 Å². The van der Waals surface area contributed by atoms with Crippen LogP contribution in [0.15, 0.2) is 0 Å². The molecule has 1 unspecified atom stereocenters. The SMILES string of the molecule is [Ag+].[C-]#CC(O)CCCCC. The Hall–Kier alpha value is 0.260. The van der Waals surface area contributed by atoms with Crippen LogP contribution in [0.1, 0.15) is 32.6 Å². The maximum Gasteiger partial charge on any atom is 1.00 e. The summed E-state index contributed by atoms with van der Waals surface area (Å²) in [6, 6.07) is 0. The molecule has 1 atom stereocenters. The van der Waals surface area contributed by atoms with Gasteiger partial charge in [0.1, 0.15) is 0 Å². The molecule has 0 bridgehead atoms. The molecule has 0 aromatic heterocycles. The van der Waals surface area contributed by atoms with Crippen molar-refractivity contribution < 1.29 is 27.5 Å². The molecule has 0 saturated carbocycles. The Kier molecular flexibility index (Phi) is 11.9. The molecule has 10 heavy (non-hydrogen) atoms. The predicted octanol–water partition coefficient (Wildman–Crippen LogP) is 1.51. The molecule has 62 valence electrons. The fourth-order valence-electron chi connectivity index (χ4n) is 0.660.